The molecule has 0 aliphatic heterocycles. The molecule has 1 N–H and O–H groups in total. The minimum absolute atomic E-state index is 0.0540. The van der Waals surface area contributed by atoms with Crippen molar-refractivity contribution in [3.05, 3.63) is 95.0 Å². The van der Waals surface area contributed by atoms with Crippen LogP contribution in [0.5, 0.6) is 5.75 Å². The first-order valence-corrected chi connectivity index (χ1v) is 17.5. The van der Waals surface area contributed by atoms with Gasteiger partial charge in [-0.05, 0) is 61.6 Å². The van der Waals surface area contributed by atoms with Gasteiger partial charge in [0.1, 0.15) is 11.8 Å². The summed E-state index contributed by atoms with van der Waals surface area (Å²) in [6.45, 7) is 2.53. The van der Waals surface area contributed by atoms with Crippen molar-refractivity contribution in [1.82, 2.24) is 10.2 Å². The largest absolute Gasteiger partial charge is 0.492 e. The Labute approximate surface area is 266 Å². The van der Waals surface area contributed by atoms with Crippen LogP contribution in [-0.4, -0.2) is 56.6 Å². The molecular formula is C34H42ClN3O5S. The molecule has 0 radical (unpaired) electrons. The third-order valence-electron chi connectivity index (χ3n) is 7.82. The number of nitrogens with one attached hydrogen (secondary N) is 1. The van der Waals surface area contributed by atoms with Gasteiger partial charge in [-0.3, -0.25) is 13.9 Å². The number of rotatable bonds is 15. The van der Waals surface area contributed by atoms with Crippen LogP contribution >= 0.6 is 11.6 Å². The summed E-state index contributed by atoms with van der Waals surface area (Å²) in [5.41, 5.74) is 2.22. The molecular weight excluding hydrogens is 598 g/mol. The second-order valence-electron chi connectivity index (χ2n) is 11.2. The monoisotopic (exact) mass is 639 g/mol. The van der Waals surface area contributed by atoms with Crippen LogP contribution in [0, 0.1) is 0 Å². The number of halogens is 1. The van der Waals surface area contributed by atoms with Crippen molar-refractivity contribution in [2.75, 3.05) is 23.7 Å². The fraction of sp³-hybridized carbons (Fsp3) is 0.412. The predicted molar refractivity (Wildman–Crippen MR) is 175 cm³/mol. The lowest BCUT2D eigenvalue weighted by Crippen LogP contribution is -2.52. The van der Waals surface area contributed by atoms with Gasteiger partial charge in [-0.2, -0.15) is 0 Å². The van der Waals surface area contributed by atoms with E-state index in [1.165, 1.54) is 4.31 Å². The fourth-order valence-electron chi connectivity index (χ4n) is 5.63. The molecule has 10 heteroatoms. The highest BCUT2D eigenvalue weighted by Gasteiger charge is 2.32. The van der Waals surface area contributed by atoms with Gasteiger partial charge in [0, 0.05) is 37.0 Å². The number of sulfonamides is 1. The second kappa shape index (κ2) is 16.0. The summed E-state index contributed by atoms with van der Waals surface area (Å²) in [7, 11) is -3.66. The van der Waals surface area contributed by atoms with Crippen LogP contribution in [0.4, 0.5) is 5.69 Å². The van der Waals surface area contributed by atoms with Crippen molar-refractivity contribution < 1.29 is 22.7 Å². The number of hydrogen-bond acceptors (Lipinski definition) is 5. The minimum Gasteiger partial charge on any atom is -0.492 e. The van der Waals surface area contributed by atoms with E-state index in [1.54, 1.807) is 41.3 Å². The molecule has 1 aliphatic rings. The smallest absolute Gasteiger partial charge is 0.243 e. The zero-order valence-corrected chi connectivity index (χ0v) is 27.0. The fourth-order valence-corrected chi connectivity index (χ4v) is 6.73. The molecule has 3 aromatic carbocycles. The normalized spacial score (nSPS) is 14.2. The molecule has 0 bridgehead atoms. The van der Waals surface area contributed by atoms with Crippen LogP contribution < -0.4 is 14.4 Å². The Kier molecular flexibility index (Phi) is 12.1. The highest BCUT2D eigenvalue weighted by Crippen LogP contribution is 2.30. The molecule has 2 amide bonds. The lowest BCUT2D eigenvalue weighted by Gasteiger charge is -2.33. The molecule has 3 aromatic rings. The first-order valence-electron chi connectivity index (χ1n) is 15.2. The first kappa shape index (κ1) is 33.3. The summed E-state index contributed by atoms with van der Waals surface area (Å²) >= 11 is 6.14. The van der Waals surface area contributed by atoms with E-state index in [0.717, 1.165) is 43.1 Å². The molecule has 236 valence electrons. The van der Waals surface area contributed by atoms with Crippen LogP contribution in [0.3, 0.4) is 0 Å². The van der Waals surface area contributed by atoms with Crippen LogP contribution in [0.25, 0.3) is 0 Å². The number of hydrogen-bond donors (Lipinski definition) is 1. The zero-order chi connectivity index (χ0) is 31.5. The molecule has 1 fully saturated rings. The first-order chi connectivity index (χ1) is 21.2. The Morgan fingerprint density at radius 2 is 1.61 bits per heavy atom. The maximum absolute atomic E-state index is 14.1. The van der Waals surface area contributed by atoms with Gasteiger partial charge < -0.3 is 15.0 Å². The molecule has 0 spiro atoms. The highest BCUT2D eigenvalue weighted by molar-refractivity contribution is 7.92. The molecule has 8 nitrogen and oxygen atoms in total. The Hall–Kier alpha value is -3.56. The van der Waals surface area contributed by atoms with E-state index in [2.05, 4.69) is 5.32 Å². The van der Waals surface area contributed by atoms with Gasteiger partial charge in [-0.1, -0.05) is 79.0 Å². The molecule has 1 aliphatic carbocycles. The summed E-state index contributed by atoms with van der Waals surface area (Å²) in [6.07, 6.45) is 5.82. The number of nitrogens with zero attached hydrogens (tertiary/aromatic N) is 2. The number of carbonyl (C=O) groups is 2. The molecule has 4 rings (SSSR count). The average molecular weight is 640 g/mol. The molecule has 0 heterocycles. The number of benzene rings is 3. The van der Waals surface area contributed by atoms with E-state index in [4.69, 9.17) is 16.3 Å². The van der Waals surface area contributed by atoms with E-state index in [-0.39, 0.29) is 43.8 Å². The Morgan fingerprint density at radius 1 is 0.955 bits per heavy atom. The zero-order valence-electron chi connectivity index (χ0n) is 25.5. The van der Waals surface area contributed by atoms with Crippen LogP contribution in [0.2, 0.25) is 5.02 Å². The lowest BCUT2D eigenvalue weighted by molar-refractivity contribution is -0.141. The molecule has 1 atom stereocenters. The van der Waals surface area contributed by atoms with Gasteiger partial charge in [0.05, 0.1) is 18.6 Å². The SMILES string of the molecule is CCOc1ccccc1N(CCCC(=O)N(Cc1ccc(Cl)cc1)[C@@H](Cc1ccccc1)C(=O)NC1CCCC1)S(C)(=O)=O. The lowest BCUT2D eigenvalue weighted by atomic mass is 10.0. The molecule has 1 saturated carbocycles. The third-order valence-corrected chi connectivity index (χ3v) is 9.26. The van der Waals surface area contributed by atoms with Crippen molar-refractivity contribution in [1.29, 1.82) is 0 Å². The Bertz CT molecular complexity index is 1480. The van der Waals surface area contributed by atoms with E-state index < -0.39 is 16.1 Å². The number of anilines is 1. The van der Waals surface area contributed by atoms with Crippen LogP contribution in [-0.2, 0) is 32.6 Å². The number of amides is 2. The van der Waals surface area contributed by atoms with Gasteiger partial charge in [0.15, 0.2) is 0 Å². The number of ether oxygens (including phenoxy) is 1. The molecule has 44 heavy (non-hydrogen) atoms. The molecule has 0 aromatic heterocycles. The highest BCUT2D eigenvalue weighted by atomic mass is 35.5. The van der Waals surface area contributed by atoms with E-state index in [9.17, 15) is 18.0 Å². The maximum atomic E-state index is 14.1. The summed E-state index contributed by atoms with van der Waals surface area (Å²) in [4.78, 5) is 29.6. The molecule has 0 saturated heterocycles. The number of para-hydroxylation sites is 2. The van der Waals surface area contributed by atoms with Crippen LogP contribution in [0.1, 0.15) is 56.6 Å². The Balaban J connectivity index is 1.59. The number of carbonyl (C=O) groups excluding carboxylic acids is 2. The summed E-state index contributed by atoms with van der Waals surface area (Å²) in [5, 5.41) is 3.79. The quantitative estimate of drug-likeness (QED) is 0.221. The van der Waals surface area contributed by atoms with E-state index in [0.29, 0.717) is 29.5 Å². The van der Waals surface area contributed by atoms with E-state index in [1.807, 2.05) is 49.4 Å². The average Bonchev–Trinajstić information content (AvgIpc) is 3.51. The summed E-state index contributed by atoms with van der Waals surface area (Å²) in [5.74, 6) is 0.0584. The topological polar surface area (TPSA) is 96.0 Å². The minimum atomic E-state index is -3.66. The predicted octanol–water partition coefficient (Wildman–Crippen LogP) is 5.98. The Morgan fingerprint density at radius 3 is 2.27 bits per heavy atom. The van der Waals surface area contributed by atoms with Gasteiger partial charge in [-0.25, -0.2) is 8.42 Å². The van der Waals surface area contributed by atoms with Crippen LogP contribution in [0.15, 0.2) is 78.9 Å². The van der Waals surface area contributed by atoms with Crippen molar-refractivity contribution in [3.8, 4) is 5.75 Å². The van der Waals surface area contributed by atoms with Crippen molar-refractivity contribution in [3.63, 3.8) is 0 Å². The molecule has 0 unspecified atom stereocenters. The standard InChI is InChI=1S/C34H42ClN3O5S/c1-3-43-32-17-10-9-16-30(32)38(44(2,41)42)23-11-18-33(39)37(25-27-19-21-28(35)22-20-27)31(24-26-12-5-4-6-13-26)34(40)36-29-14-7-8-15-29/h4-6,9-10,12-13,16-17,19-22,29,31H,3,7-8,11,14-15,18,23-25H2,1-2H3,(H,36,40)/t31-/m0/s1. The van der Waals surface area contributed by atoms with Gasteiger partial charge in [0.2, 0.25) is 21.8 Å². The third kappa shape index (κ3) is 9.47. The van der Waals surface area contributed by atoms with Crippen molar-refractivity contribution in [2.45, 2.75) is 70.5 Å². The summed E-state index contributed by atoms with van der Waals surface area (Å²) < 4.78 is 32.7. The van der Waals surface area contributed by atoms with Crippen molar-refractivity contribution in [2.24, 2.45) is 0 Å². The maximum Gasteiger partial charge on any atom is 0.243 e. The van der Waals surface area contributed by atoms with Crippen molar-refractivity contribution >= 4 is 39.1 Å². The second-order valence-corrected chi connectivity index (χ2v) is 13.5. The van der Waals surface area contributed by atoms with E-state index >= 15 is 0 Å². The van der Waals surface area contributed by atoms with Gasteiger partial charge in [-0.15, -0.1) is 0 Å². The summed E-state index contributed by atoms with van der Waals surface area (Å²) in [6, 6.07) is 23.3. The van der Waals surface area contributed by atoms with Gasteiger partial charge >= 0.3 is 0 Å². The van der Waals surface area contributed by atoms with Gasteiger partial charge in [0.25, 0.3) is 0 Å².